The molecule has 2 nitrogen and oxygen atoms in total. The molecule has 0 aliphatic carbocycles. The van der Waals surface area contributed by atoms with E-state index in [1.165, 1.54) is 161 Å². The van der Waals surface area contributed by atoms with Gasteiger partial charge in [0.1, 0.15) is 0 Å². The molecule has 36 heavy (non-hydrogen) atoms. The first-order chi connectivity index (χ1) is 17.7. The fraction of sp³-hybridized carbons (Fsp3) is 0.971. The predicted octanol–water partition coefficient (Wildman–Crippen LogP) is 12.0. The lowest BCUT2D eigenvalue weighted by molar-refractivity contribution is -0.149. The topological polar surface area (TPSA) is 26.3 Å². The zero-order valence-electron chi connectivity index (χ0n) is 25.6. The zero-order valence-corrected chi connectivity index (χ0v) is 25.6. The smallest absolute Gasteiger partial charge is 0.308 e. The van der Waals surface area contributed by atoms with E-state index in [9.17, 15) is 4.79 Å². The van der Waals surface area contributed by atoms with Crippen LogP contribution in [-0.4, -0.2) is 12.6 Å². The molecule has 0 aromatic carbocycles. The molecular weight excluding hydrogens is 440 g/mol. The Bertz CT molecular complexity index is 433. The van der Waals surface area contributed by atoms with Crippen LogP contribution in [0.25, 0.3) is 0 Å². The van der Waals surface area contributed by atoms with E-state index in [-0.39, 0.29) is 11.9 Å². The molecular formula is C34H68O2. The van der Waals surface area contributed by atoms with Crippen molar-refractivity contribution in [3.8, 4) is 0 Å². The van der Waals surface area contributed by atoms with E-state index in [1.807, 2.05) is 0 Å². The van der Waals surface area contributed by atoms with Crippen molar-refractivity contribution in [3.05, 3.63) is 0 Å². The third-order valence-corrected chi connectivity index (χ3v) is 8.04. The first-order valence-corrected chi connectivity index (χ1v) is 16.8. The average molecular weight is 509 g/mol. The number of esters is 1. The molecule has 0 N–H and O–H groups in total. The van der Waals surface area contributed by atoms with Crippen molar-refractivity contribution in [3.63, 3.8) is 0 Å². The van der Waals surface area contributed by atoms with Gasteiger partial charge in [-0.3, -0.25) is 4.79 Å². The maximum absolute atomic E-state index is 12.6. The summed E-state index contributed by atoms with van der Waals surface area (Å²) >= 11 is 0. The summed E-state index contributed by atoms with van der Waals surface area (Å²) in [4.78, 5) is 12.6. The summed E-state index contributed by atoms with van der Waals surface area (Å²) < 4.78 is 5.84. The van der Waals surface area contributed by atoms with Crippen molar-refractivity contribution in [2.75, 3.05) is 6.61 Å². The van der Waals surface area contributed by atoms with Crippen LogP contribution >= 0.6 is 0 Å². The van der Waals surface area contributed by atoms with Crippen molar-refractivity contribution in [1.29, 1.82) is 0 Å². The number of hydrogen-bond acceptors (Lipinski definition) is 2. The molecule has 0 spiro atoms. The first kappa shape index (κ1) is 35.5. The third-order valence-electron chi connectivity index (χ3n) is 8.04. The molecule has 0 saturated heterocycles. The van der Waals surface area contributed by atoms with E-state index in [2.05, 4.69) is 27.7 Å². The molecule has 2 heteroatoms. The second-order valence-corrected chi connectivity index (χ2v) is 11.8. The molecule has 0 amide bonds. The SMILES string of the molecule is CCCCCCCCCCCCCCC(CCCCC)COC(=O)C(C)CCCCCCCCCC. The van der Waals surface area contributed by atoms with Gasteiger partial charge in [-0.25, -0.2) is 0 Å². The summed E-state index contributed by atoms with van der Waals surface area (Å²) in [6.45, 7) is 9.56. The maximum Gasteiger partial charge on any atom is 0.308 e. The molecule has 0 radical (unpaired) electrons. The molecule has 0 bridgehead atoms. The maximum atomic E-state index is 12.6. The summed E-state index contributed by atoms with van der Waals surface area (Å²) in [5.74, 6) is 0.681. The molecule has 0 rings (SSSR count). The lowest BCUT2D eigenvalue weighted by Crippen LogP contribution is -2.19. The summed E-state index contributed by atoms with van der Waals surface area (Å²) in [6, 6.07) is 0. The van der Waals surface area contributed by atoms with Gasteiger partial charge < -0.3 is 4.74 Å². The summed E-state index contributed by atoms with van der Waals surface area (Å²) in [5.41, 5.74) is 0. The highest BCUT2D eigenvalue weighted by atomic mass is 16.5. The van der Waals surface area contributed by atoms with Gasteiger partial charge in [0, 0.05) is 0 Å². The first-order valence-electron chi connectivity index (χ1n) is 16.8. The molecule has 0 aromatic rings. The van der Waals surface area contributed by atoms with Crippen LogP contribution in [0.5, 0.6) is 0 Å². The lowest BCUT2D eigenvalue weighted by atomic mass is 9.95. The standard InChI is InChI=1S/C34H68O2/c1-5-8-11-13-15-17-18-19-20-22-24-27-30-33(29-25-10-7-3)31-36-34(35)32(4)28-26-23-21-16-14-12-9-6-2/h32-33H,5-31H2,1-4H3. The Kier molecular flexibility index (Phi) is 28.6. The van der Waals surface area contributed by atoms with Gasteiger partial charge in [-0.1, -0.05) is 175 Å². The van der Waals surface area contributed by atoms with Gasteiger partial charge in [0.25, 0.3) is 0 Å². The minimum Gasteiger partial charge on any atom is -0.465 e. The van der Waals surface area contributed by atoms with E-state index < -0.39 is 0 Å². The second-order valence-electron chi connectivity index (χ2n) is 11.8. The monoisotopic (exact) mass is 509 g/mol. The quantitative estimate of drug-likeness (QED) is 0.0741. The lowest BCUT2D eigenvalue weighted by Gasteiger charge is -2.19. The summed E-state index contributed by atoms with van der Waals surface area (Å²) in [5, 5.41) is 0. The normalized spacial score (nSPS) is 13.1. The van der Waals surface area contributed by atoms with Gasteiger partial charge in [-0.2, -0.15) is 0 Å². The number of ether oxygens (including phenoxy) is 1. The van der Waals surface area contributed by atoms with Gasteiger partial charge in [0.15, 0.2) is 0 Å². The molecule has 0 aliphatic rings. The van der Waals surface area contributed by atoms with Crippen molar-refractivity contribution in [1.82, 2.24) is 0 Å². The molecule has 0 aliphatic heterocycles. The van der Waals surface area contributed by atoms with Gasteiger partial charge in [-0.15, -0.1) is 0 Å². The Labute approximate surface area is 228 Å². The van der Waals surface area contributed by atoms with Crippen molar-refractivity contribution < 1.29 is 9.53 Å². The molecule has 216 valence electrons. The zero-order chi connectivity index (χ0) is 26.5. The van der Waals surface area contributed by atoms with Crippen LogP contribution in [0.3, 0.4) is 0 Å². The Hall–Kier alpha value is -0.530. The predicted molar refractivity (Wildman–Crippen MR) is 161 cm³/mol. The number of unbranched alkanes of at least 4 members (excludes halogenated alkanes) is 20. The van der Waals surface area contributed by atoms with Crippen LogP contribution in [0, 0.1) is 11.8 Å². The van der Waals surface area contributed by atoms with Crippen LogP contribution in [0.1, 0.15) is 195 Å². The Morgan fingerprint density at radius 3 is 1.19 bits per heavy atom. The van der Waals surface area contributed by atoms with Gasteiger partial charge >= 0.3 is 5.97 Å². The molecule has 0 heterocycles. The van der Waals surface area contributed by atoms with Gasteiger partial charge in [-0.05, 0) is 25.2 Å². The molecule has 0 fully saturated rings. The largest absolute Gasteiger partial charge is 0.465 e. The fourth-order valence-corrected chi connectivity index (χ4v) is 5.31. The number of rotatable bonds is 29. The Morgan fingerprint density at radius 2 is 0.778 bits per heavy atom. The Morgan fingerprint density at radius 1 is 0.472 bits per heavy atom. The van der Waals surface area contributed by atoms with E-state index in [1.54, 1.807) is 0 Å². The molecule has 0 saturated carbocycles. The molecule has 2 unspecified atom stereocenters. The van der Waals surface area contributed by atoms with E-state index >= 15 is 0 Å². The Balaban J connectivity index is 3.89. The van der Waals surface area contributed by atoms with Gasteiger partial charge in [0.2, 0.25) is 0 Å². The third kappa shape index (κ3) is 25.1. The van der Waals surface area contributed by atoms with Crippen LogP contribution in [0.4, 0.5) is 0 Å². The minimum atomic E-state index is 0.0492. The molecule has 0 aromatic heterocycles. The van der Waals surface area contributed by atoms with Crippen molar-refractivity contribution in [2.45, 2.75) is 195 Å². The van der Waals surface area contributed by atoms with Crippen molar-refractivity contribution in [2.24, 2.45) is 11.8 Å². The number of carbonyl (C=O) groups excluding carboxylic acids is 1. The highest BCUT2D eigenvalue weighted by Crippen LogP contribution is 2.21. The van der Waals surface area contributed by atoms with Crippen LogP contribution < -0.4 is 0 Å². The van der Waals surface area contributed by atoms with Crippen LogP contribution in [0.15, 0.2) is 0 Å². The average Bonchev–Trinajstić information content (AvgIpc) is 2.88. The number of hydrogen-bond donors (Lipinski definition) is 0. The van der Waals surface area contributed by atoms with E-state index in [4.69, 9.17) is 4.74 Å². The van der Waals surface area contributed by atoms with E-state index in [0.717, 1.165) is 6.42 Å². The van der Waals surface area contributed by atoms with E-state index in [0.29, 0.717) is 12.5 Å². The van der Waals surface area contributed by atoms with Crippen molar-refractivity contribution >= 4 is 5.97 Å². The second kappa shape index (κ2) is 29.0. The summed E-state index contributed by atoms with van der Waals surface area (Å²) in [7, 11) is 0. The highest BCUT2D eigenvalue weighted by molar-refractivity contribution is 5.71. The molecule has 2 atom stereocenters. The van der Waals surface area contributed by atoms with Crippen LogP contribution in [0.2, 0.25) is 0 Å². The number of carbonyl (C=O) groups is 1. The summed E-state index contributed by atoms with van der Waals surface area (Å²) in [6.07, 6.45) is 34.7. The van der Waals surface area contributed by atoms with Crippen LogP contribution in [-0.2, 0) is 9.53 Å². The fourth-order valence-electron chi connectivity index (χ4n) is 5.31. The van der Waals surface area contributed by atoms with Gasteiger partial charge in [0.05, 0.1) is 12.5 Å². The minimum absolute atomic E-state index is 0.0492. The highest BCUT2D eigenvalue weighted by Gasteiger charge is 2.17.